The van der Waals surface area contributed by atoms with Crippen LogP contribution in [0.4, 0.5) is 9.59 Å². The van der Waals surface area contributed by atoms with E-state index in [0.29, 0.717) is 28.2 Å². The van der Waals surface area contributed by atoms with E-state index in [9.17, 15) is 9.59 Å². The number of aromatic nitrogens is 3. The number of imide groups is 1. The number of ether oxygens (including phenoxy) is 2. The molecule has 2 amide bonds. The fourth-order valence-corrected chi connectivity index (χ4v) is 6.21. The van der Waals surface area contributed by atoms with E-state index < -0.39 is 12.2 Å². The fourth-order valence-electron chi connectivity index (χ4n) is 4.29. The van der Waals surface area contributed by atoms with Crippen LogP contribution in [-0.4, -0.2) is 26.7 Å². The first-order valence-corrected chi connectivity index (χ1v) is 14.6. The molecule has 0 unspecified atom stereocenters. The second kappa shape index (κ2) is 13.3. The van der Waals surface area contributed by atoms with Crippen LogP contribution in [-0.2, 0) is 17.9 Å². The topological polar surface area (TPSA) is 95.3 Å². The van der Waals surface area contributed by atoms with Gasteiger partial charge in [0, 0.05) is 32.7 Å². The molecule has 0 spiro atoms. The number of imidazole rings is 1. The van der Waals surface area contributed by atoms with Crippen molar-refractivity contribution in [2.24, 2.45) is 0 Å². The van der Waals surface area contributed by atoms with Crippen LogP contribution >= 0.6 is 35.0 Å². The average Bonchev–Trinajstić information content (AvgIpc) is 3.29. The normalized spacial score (nSPS) is 11.1. The van der Waals surface area contributed by atoms with Crippen molar-refractivity contribution in [2.45, 2.75) is 42.8 Å². The Labute approximate surface area is 257 Å². The van der Waals surface area contributed by atoms with Gasteiger partial charge in [-0.2, -0.15) is 0 Å². The van der Waals surface area contributed by atoms with Gasteiger partial charge in [0.05, 0.1) is 12.2 Å². The molecular weight excluding hydrogens is 595 g/mol. The predicted molar refractivity (Wildman–Crippen MR) is 164 cm³/mol. The number of rotatable bonds is 8. The van der Waals surface area contributed by atoms with E-state index in [4.69, 9.17) is 37.7 Å². The second-order valence-corrected chi connectivity index (χ2v) is 11.5. The van der Waals surface area contributed by atoms with Crippen molar-refractivity contribution < 1.29 is 19.1 Å². The van der Waals surface area contributed by atoms with Crippen LogP contribution in [0.2, 0.25) is 10.0 Å². The first-order valence-electron chi connectivity index (χ1n) is 13.0. The Bertz CT molecular complexity index is 1720. The van der Waals surface area contributed by atoms with Crippen LogP contribution in [0.5, 0.6) is 5.75 Å². The monoisotopic (exact) mass is 620 g/mol. The summed E-state index contributed by atoms with van der Waals surface area (Å²) in [6.07, 6.45) is 1.52. The summed E-state index contributed by atoms with van der Waals surface area (Å²) in [5, 5.41) is 5.67. The van der Waals surface area contributed by atoms with Gasteiger partial charge in [-0.3, -0.25) is 4.98 Å². The summed E-state index contributed by atoms with van der Waals surface area (Å²) in [6.45, 7) is 4.33. The molecule has 3 aromatic carbocycles. The molecule has 8 nitrogen and oxygen atoms in total. The standard InChI is InChI=1S/C31H26Cl2N4O4S/c1-19(2)28-29(42-24-15-22(32)14-23(33)16-24)37(17-20-10-12-34-13-11-20)27(35-28)18-40-30(38)36-31(39)41-26-9-5-7-21-6-3-4-8-25(21)26/h3-16,19H,17-18H2,1-2H3,(H,36,38,39). The van der Waals surface area contributed by atoms with Crippen molar-refractivity contribution in [2.75, 3.05) is 0 Å². The number of alkyl carbamates (subject to hydrolysis) is 1. The number of nitrogens with one attached hydrogen (secondary N) is 1. The van der Waals surface area contributed by atoms with Crippen LogP contribution < -0.4 is 10.1 Å². The van der Waals surface area contributed by atoms with Crippen molar-refractivity contribution in [3.63, 3.8) is 0 Å². The lowest BCUT2D eigenvalue weighted by atomic mass is 10.1. The molecule has 5 rings (SSSR count). The molecule has 2 aromatic heterocycles. The number of amides is 2. The van der Waals surface area contributed by atoms with E-state index in [1.807, 2.05) is 73.0 Å². The Morgan fingerprint density at radius 2 is 1.67 bits per heavy atom. The molecule has 42 heavy (non-hydrogen) atoms. The van der Waals surface area contributed by atoms with E-state index in [2.05, 4.69) is 10.3 Å². The molecule has 5 aromatic rings. The van der Waals surface area contributed by atoms with Crippen molar-refractivity contribution in [3.8, 4) is 5.75 Å². The molecule has 0 bridgehead atoms. The molecule has 0 radical (unpaired) electrons. The number of benzene rings is 3. The first-order chi connectivity index (χ1) is 20.3. The Hall–Kier alpha value is -4.05. The Morgan fingerprint density at radius 1 is 0.952 bits per heavy atom. The molecule has 2 heterocycles. The zero-order valence-electron chi connectivity index (χ0n) is 22.7. The largest absolute Gasteiger partial charge is 0.441 e. The third-order valence-corrected chi connectivity index (χ3v) is 7.73. The lowest BCUT2D eigenvalue weighted by Gasteiger charge is -2.14. The van der Waals surface area contributed by atoms with Gasteiger partial charge in [-0.05, 0) is 53.3 Å². The summed E-state index contributed by atoms with van der Waals surface area (Å²) in [5.41, 5.74) is 1.80. The van der Waals surface area contributed by atoms with Gasteiger partial charge in [-0.25, -0.2) is 19.9 Å². The van der Waals surface area contributed by atoms with Gasteiger partial charge < -0.3 is 14.0 Å². The zero-order chi connectivity index (χ0) is 29.6. The number of pyridine rings is 1. The maximum absolute atomic E-state index is 12.6. The lowest BCUT2D eigenvalue weighted by molar-refractivity contribution is 0.132. The maximum Gasteiger partial charge on any atom is 0.422 e. The van der Waals surface area contributed by atoms with Gasteiger partial charge in [0.25, 0.3) is 0 Å². The highest BCUT2D eigenvalue weighted by atomic mass is 35.5. The fraction of sp³-hybridized carbons (Fsp3) is 0.161. The number of carbonyl (C=O) groups excluding carboxylic acids is 2. The minimum Gasteiger partial charge on any atom is -0.441 e. The Balaban J connectivity index is 1.36. The highest BCUT2D eigenvalue weighted by Gasteiger charge is 2.23. The molecule has 11 heteroatoms. The quantitative estimate of drug-likeness (QED) is 0.186. The molecular formula is C31H26Cl2N4O4S. The van der Waals surface area contributed by atoms with Gasteiger partial charge in [0.1, 0.15) is 16.6 Å². The third-order valence-electron chi connectivity index (χ3n) is 6.20. The summed E-state index contributed by atoms with van der Waals surface area (Å²) in [5.74, 6) is 0.892. The highest BCUT2D eigenvalue weighted by molar-refractivity contribution is 7.99. The van der Waals surface area contributed by atoms with E-state index >= 15 is 0 Å². The summed E-state index contributed by atoms with van der Waals surface area (Å²) < 4.78 is 12.8. The lowest BCUT2D eigenvalue weighted by Crippen LogP contribution is -2.33. The SMILES string of the molecule is CC(C)c1nc(COC(=O)NC(=O)Oc2cccc3ccccc23)n(Cc2ccncc2)c1Sc1cc(Cl)cc(Cl)c1. The molecule has 0 fully saturated rings. The number of hydrogen-bond acceptors (Lipinski definition) is 7. The summed E-state index contributed by atoms with van der Waals surface area (Å²) in [6, 6.07) is 21.9. The molecule has 0 saturated heterocycles. The smallest absolute Gasteiger partial charge is 0.422 e. The molecule has 0 saturated carbocycles. The number of nitrogens with zero attached hydrogens (tertiary/aromatic N) is 3. The molecule has 0 aliphatic carbocycles. The Morgan fingerprint density at radius 3 is 2.40 bits per heavy atom. The summed E-state index contributed by atoms with van der Waals surface area (Å²) in [4.78, 5) is 34.9. The van der Waals surface area contributed by atoms with Crippen LogP contribution in [0.25, 0.3) is 10.8 Å². The molecule has 1 N–H and O–H groups in total. The average molecular weight is 622 g/mol. The minimum atomic E-state index is -0.958. The number of fused-ring (bicyclic) bond motifs is 1. The predicted octanol–water partition coefficient (Wildman–Crippen LogP) is 8.49. The first kappa shape index (κ1) is 29.4. The third kappa shape index (κ3) is 7.23. The van der Waals surface area contributed by atoms with Gasteiger partial charge >= 0.3 is 12.2 Å². The molecule has 0 atom stereocenters. The van der Waals surface area contributed by atoms with E-state index in [-0.39, 0.29) is 12.5 Å². The number of hydrogen-bond donors (Lipinski definition) is 1. The van der Waals surface area contributed by atoms with Crippen molar-refractivity contribution in [1.29, 1.82) is 0 Å². The van der Waals surface area contributed by atoms with Crippen molar-refractivity contribution in [1.82, 2.24) is 19.9 Å². The molecule has 214 valence electrons. The van der Waals surface area contributed by atoms with Crippen molar-refractivity contribution >= 4 is 57.9 Å². The van der Waals surface area contributed by atoms with E-state index in [0.717, 1.165) is 32.0 Å². The van der Waals surface area contributed by atoms with E-state index in [1.54, 1.807) is 30.6 Å². The summed E-state index contributed by atoms with van der Waals surface area (Å²) in [7, 11) is 0. The molecule has 0 aliphatic rings. The number of carbonyl (C=O) groups is 2. The van der Waals surface area contributed by atoms with Crippen LogP contribution in [0.3, 0.4) is 0 Å². The van der Waals surface area contributed by atoms with Gasteiger partial charge in [-0.1, -0.05) is 85.2 Å². The van der Waals surface area contributed by atoms with Gasteiger partial charge in [-0.15, -0.1) is 0 Å². The zero-order valence-corrected chi connectivity index (χ0v) is 25.0. The Kier molecular flexibility index (Phi) is 9.31. The van der Waals surface area contributed by atoms with Crippen LogP contribution in [0, 0.1) is 0 Å². The van der Waals surface area contributed by atoms with Crippen LogP contribution in [0.1, 0.15) is 36.8 Å². The van der Waals surface area contributed by atoms with Crippen molar-refractivity contribution in [3.05, 3.63) is 112 Å². The van der Waals surface area contributed by atoms with E-state index in [1.165, 1.54) is 11.8 Å². The summed E-state index contributed by atoms with van der Waals surface area (Å²) >= 11 is 14.0. The minimum absolute atomic E-state index is 0.0593. The van der Waals surface area contributed by atoms with Gasteiger partial charge in [0.15, 0.2) is 6.61 Å². The highest BCUT2D eigenvalue weighted by Crippen LogP contribution is 2.37. The maximum atomic E-state index is 12.6. The van der Waals surface area contributed by atoms with Crippen LogP contribution in [0.15, 0.2) is 95.1 Å². The van der Waals surface area contributed by atoms with Gasteiger partial charge in [0.2, 0.25) is 0 Å². The second-order valence-electron chi connectivity index (χ2n) is 9.59. The molecule has 0 aliphatic heterocycles. The number of halogens is 2.